The Kier molecular flexibility index (Phi) is 3.73. The first-order valence-corrected chi connectivity index (χ1v) is 4.36. The van der Waals surface area contributed by atoms with Crippen molar-refractivity contribution in [1.82, 2.24) is 9.36 Å². The van der Waals surface area contributed by atoms with Gasteiger partial charge in [0.15, 0.2) is 12.4 Å². The minimum Gasteiger partial charge on any atom is -1.00 e. The molecule has 0 fully saturated rings. The second-order valence-electron chi connectivity index (χ2n) is 2.50. The van der Waals surface area contributed by atoms with Gasteiger partial charge in [0.05, 0.1) is 5.56 Å². The van der Waals surface area contributed by atoms with Crippen LogP contribution >= 0.6 is 11.5 Å². The number of halogens is 1. The average molecular weight is 305 g/mol. The van der Waals surface area contributed by atoms with Crippen LogP contribution in [0.2, 0.25) is 0 Å². The topological polar surface area (TPSA) is 29.7 Å². The van der Waals surface area contributed by atoms with Gasteiger partial charge in [-0.1, -0.05) is 0 Å². The van der Waals surface area contributed by atoms with Gasteiger partial charge in [-0.3, -0.25) is 0 Å². The third-order valence-corrected chi connectivity index (χ3v) is 2.26. The van der Waals surface area contributed by atoms with Crippen LogP contribution in [0.15, 0.2) is 30.9 Å². The Bertz CT molecular complexity index is 375. The quantitative estimate of drug-likeness (QED) is 0.452. The fourth-order valence-corrected chi connectivity index (χ4v) is 1.53. The molecule has 2 aromatic heterocycles. The first-order valence-electron chi connectivity index (χ1n) is 3.58. The molecule has 0 amide bonds. The number of aryl methyl sites for hydroxylation is 1. The van der Waals surface area contributed by atoms with Crippen LogP contribution in [0.25, 0.3) is 10.6 Å². The highest BCUT2D eigenvalue weighted by molar-refractivity contribution is 7.09. The number of nitrogens with zero attached hydrogens (tertiary/aromatic N) is 3. The molecule has 0 unspecified atom stereocenters. The molecule has 0 aliphatic heterocycles. The van der Waals surface area contributed by atoms with E-state index < -0.39 is 0 Å². The maximum Gasteiger partial charge on any atom is 0.178 e. The normalized spacial score (nSPS) is 9.31. The van der Waals surface area contributed by atoms with E-state index in [-0.39, 0.29) is 24.0 Å². The molecule has 0 aliphatic carbocycles. The van der Waals surface area contributed by atoms with Crippen LogP contribution in [0.5, 0.6) is 0 Å². The van der Waals surface area contributed by atoms with Crippen molar-refractivity contribution in [2.24, 2.45) is 7.05 Å². The molecule has 2 aromatic rings. The molecule has 0 N–H and O–H groups in total. The lowest BCUT2D eigenvalue weighted by molar-refractivity contribution is -0.671. The predicted octanol–water partition coefficient (Wildman–Crippen LogP) is -1.97. The summed E-state index contributed by atoms with van der Waals surface area (Å²) in [6.07, 6.45) is 5.60. The van der Waals surface area contributed by atoms with E-state index >= 15 is 0 Å². The minimum absolute atomic E-state index is 0. The number of rotatable bonds is 1. The first-order chi connectivity index (χ1) is 5.86. The van der Waals surface area contributed by atoms with E-state index in [2.05, 4.69) is 9.36 Å². The second kappa shape index (κ2) is 4.61. The molecule has 0 spiro atoms. The van der Waals surface area contributed by atoms with E-state index in [0.29, 0.717) is 0 Å². The Balaban J connectivity index is 0.000000845. The lowest BCUT2D eigenvalue weighted by Gasteiger charge is -1.90. The van der Waals surface area contributed by atoms with Crippen LogP contribution in [-0.2, 0) is 7.05 Å². The number of pyridine rings is 1. The molecule has 0 atom stereocenters. The van der Waals surface area contributed by atoms with Crippen LogP contribution in [-0.4, -0.2) is 9.36 Å². The van der Waals surface area contributed by atoms with Crippen molar-refractivity contribution in [2.75, 3.05) is 0 Å². The summed E-state index contributed by atoms with van der Waals surface area (Å²) in [4.78, 5) is 4.12. The Morgan fingerprint density at radius 3 is 2.92 bits per heavy atom. The molecule has 0 saturated heterocycles. The molecule has 13 heavy (non-hydrogen) atoms. The van der Waals surface area contributed by atoms with Crippen molar-refractivity contribution in [3.63, 3.8) is 0 Å². The van der Waals surface area contributed by atoms with Crippen molar-refractivity contribution in [3.05, 3.63) is 30.9 Å². The average Bonchev–Trinajstić information content (AvgIpc) is 2.56. The highest BCUT2D eigenvalue weighted by Gasteiger charge is 2.03. The van der Waals surface area contributed by atoms with Gasteiger partial charge in [0.1, 0.15) is 18.4 Å². The molecule has 0 radical (unpaired) electrons. The Morgan fingerprint density at radius 1 is 1.46 bits per heavy atom. The Labute approximate surface area is 97.6 Å². The Hall–Kier alpha value is -0.560. The van der Waals surface area contributed by atoms with E-state index in [1.54, 1.807) is 6.33 Å². The monoisotopic (exact) mass is 305 g/mol. The molecule has 0 aromatic carbocycles. The van der Waals surface area contributed by atoms with Gasteiger partial charge in [-0.05, 0) is 17.6 Å². The van der Waals surface area contributed by atoms with E-state index in [9.17, 15) is 0 Å². The molecule has 3 nitrogen and oxygen atoms in total. The lowest BCUT2D eigenvalue weighted by Crippen LogP contribution is -3.00. The number of hydrogen-bond acceptors (Lipinski definition) is 3. The van der Waals surface area contributed by atoms with Gasteiger partial charge in [-0.25, -0.2) is 9.55 Å². The zero-order valence-corrected chi connectivity index (χ0v) is 9.99. The maximum absolute atomic E-state index is 4.12. The Morgan fingerprint density at radius 2 is 2.31 bits per heavy atom. The molecule has 0 aliphatic rings. The molecular weight excluding hydrogens is 297 g/mol. The van der Waals surface area contributed by atoms with Crippen molar-refractivity contribution >= 4 is 11.5 Å². The van der Waals surface area contributed by atoms with Crippen LogP contribution in [0.1, 0.15) is 0 Å². The van der Waals surface area contributed by atoms with Crippen LogP contribution < -0.4 is 28.5 Å². The fraction of sp³-hybridized carbons (Fsp3) is 0.125. The first kappa shape index (κ1) is 10.5. The van der Waals surface area contributed by atoms with Gasteiger partial charge in [0, 0.05) is 6.07 Å². The van der Waals surface area contributed by atoms with E-state index in [0.717, 1.165) is 10.6 Å². The van der Waals surface area contributed by atoms with Crippen LogP contribution in [0.3, 0.4) is 0 Å². The molecule has 5 heteroatoms. The van der Waals surface area contributed by atoms with E-state index in [1.165, 1.54) is 11.5 Å². The highest BCUT2D eigenvalue weighted by Crippen LogP contribution is 2.16. The van der Waals surface area contributed by atoms with Crippen molar-refractivity contribution < 1.29 is 28.5 Å². The molecule has 0 saturated carbocycles. The van der Waals surface area contributed by atoms with Gasteiger partial charge in [-0.2, -0.15) is 4.37 Å². The minimum atomic E-state index is 0. The molecule has 68 valence electrons. The third kappa shape index (κ3) is 2.44. The van der Waals surface area contributed by atoms with Crippen molar-refractivity contribution in [2.45, 2.75) is 0 Å². The summed E-state index contributed by atoms with van der Waals surface area (Å²) < 4.78 is 5.95. The standard InChI is InChI=1S/C8H8N3S.HI/c1-11-4-2-3-7(5-11)8-9-6-10-12-8;/h2-6H,1H3;1H/q+1;/p-1. The second-order valence-corrected chi connectivity index (χ2v) is 3.28. The fourth-order valence-electron chi connectivity index (χ4n) is 1.01. The summed E-state index contributed by atoms with van der Waals surface area (Å²) in [6.45, 7) is 0. The maximum atomic E-state index is 4.12. The smallest absolute Gasteiger partial charge is 0.178 e. The van der Waals surface area contributed by atoms with E-state index in [4.69, 9.17) is 0 Å². The molecule has 2 heterocycles. The number of aromatic nitrogens is 3. The zero-order valence-electron chi connectivity index (χ0n) is 7.01. The number of hydrogen-bond donors (Lipinski definition) is 0. The summed E-state index contributed by atoms with van der Waals surface area (Å²) >= 11 is 1.41. The van der Waals surface area contributed by atoms with Gasteiger partial charge in [-0.15, -0.1) is 0 Å². The van der Waals surface area contributed by atoms with Gasteiger partial charge < -0.3 is 24.0 Å². The summed E-state index contributed by atoms with van der Waals surface area (Å²) in [5, 5.41) is 0.964. The van der Waals surface area contributed by atoms with Crippen LogP contribution in [0.4, 0.5) is 0 Å². The lowest BCUT2D eigenvalue weighted by atomic mass is 10.3. The summed E-state index contributed by atoms with van der Waals surface area (Å²) in [7, 11) is 1.99. The summed E-state index contributed by atoms with van der Waals surface area (Å²) in [6, 6.07) is 4.03. The van der Waals surface area contributed by atoms with Gasteiger partial charge in [0.25, 0.3) is 0 Å². The van der Waals surface area contributed by atoms with Gasteiger partial charge >= 0.3 is 0 Å². The molecule has 0 bridgehead atoms. The summed E-state index contributed by atoms with van der Waals surface area (Å²) in [5.41, 5.74) is 1.11. The molecule has 2 rings (SSSR count). The largest absolute Gasteiger partial charge is 1.00 e. The van der Waals surface area contributed by atoms with Crippen molar-refractivity contribution in [1.29, 1.82) is 0 Å². The molecular formula is C8H8IN3S. The third-order valence-electron chi connectivity index (χ3n) is 1.55. The predicted molar refractivity (Wildman–Crippen MR) is 46.5 cm³/mol. The SMILES string of the molecule is C[n+]1cccc(-c2ncns2)c1.[I-]. The summed E-state index contributed by atoms with van der Waals surface area (Å²) in [5.74, 6) is 0. The zero-order chi connectivity index (χ0) is 8.39. The highest BCUT2D eigenvalue weighted by atomic mass is 127. The van der Waals surface area contributed by atoms with Gasteiger partial charge in [0.2, 0.25) is 0 Å². The van der Waals surface area contributed by atoms with Crippen LogP contribution in [0, 0.1) is 0 Å². The van der Waals surface area contributed by atoms with Crippen molar-refractivity contribution in [3.8, 4) is 10.6 Å². The van der Waals surface area contributed by atoms with E-state index in [1.807, 2.05) is 36.1 Å².